The van der Waals surface area contributed by atoms with Gasteiger partial charge in [-0.1, -0.05) is 55.8 Å². The van der Waals surface area contributed by atoms with Crippen molar-refractivity contribution >= 4 is 21.4 Å². The fraction of sp³-hybridized carbons (Fsp3) is 0.167. The van der Waals surface area contributed by atoms with E-state index < -0.39 is 0 Å². The van der Waals surface area contributed by atoms with Crippen LogP contribution in [0.4, 0.5) is 8.78 Å². The molecule has 0 aliphatic rings. The van der Waals surface area contributed by atoms with Crippen LogP contribution in [0.1, 0.15) is 24.5 Å². The number of rotatable bonds is 4. The van der Waals surface area contributed by atoms with Crippen LogP contribution in [0.15, 0.2) is 60.7 Å². The second kappa shape index (κ2) is 7.24. The normalized spacial score (nSPS) is 11.3. The van der Waals surface area contributed by atoms with Crippen molar-refractivity contribution in [2.75, 3.05) is 0 Å². The third-order valence-electron chi connectivity index (χ3n) is 4.88. The second-order valence-corrected chi connectivity index (χ2v) is 7.92. The van der Waals surface area contributed by atoms with Gasteiger partial charge in [0.15, 0.2) is 0 Å². The van der Waals surface area contributed by atoms with Gasteiger partial charge in [-0.2, -0.15) is 0 Å². The summed E-state index contributed by atoms with van der Waals surface area (Å²) < 4.78 is 29.7. The predicted molar refractivity (Wildman–Crippen MR) is 111 cm³/mol. The van der Waals surface area contributed by atoms with E-state index in [4.69, 9.17) is 0 Å². The van der Waals surface area contributed by atoms with Gasteiger partial charge in [0, 0.05) is 10.4 Å². The lowest BCUT2D eigenvalue weighted by molar-refractivity contribution is 0.632. The van der Waals surface area contributed by atoms with Crippen LogP contribution < -0.4 is 0 Å². The van der Waals surface area contributed by atoms with Gasteiger partial charge >= 0.3 is 0 Å². The van der Waals surface area contributed by atoms with Crippen LogP contribution in [0.2, 0.25) is 0 Å². The van der Waals surface area contributed by atoms with E-state index in [0.29, 0.717) is 15.8 Å². The van der Waals surface area contributed by atoms with Gasteiger partial charge in [0.25, 0.3) is 0 Å². The molecule has 0 spiro atoms. The van der Waals surface area contributed by atoms with E-state index in [0.717, 1.165) is 34.2 Å². The standard InChI is InChI=1S/C24H20F2S/c1-3-4-16-6-9-17(10-7-16)18-11-12-20(21(25)13-18)22-14-19-8-5-15(2)23(26)24(19)27-22/h5-14H,3-4H2,1-2H3. The number of hydrogen-bond donors (Lipinski definition) is 0. The summed E-state index contributed by atoms with van der Waals surface area (Å²) in [6, 6.07) is 19.1. The van der Waals surface area contributed by atoms with Gasteiger partial charge in [-0.3, -0.25) is 0 Å². The van der Waals surface area contributed by atoms with Crippen molar-refractivity contribution < 1.29 is 8.78 Å². The van der Waals surface area contributed by atoms with E-state index in [1.165, 1.54) is 16.9 Å². The summed E-state index contributed by atoms with van der Waals surface area (Å²) in [5.41, 5.74) is 4.26. The number of aryl methyl sites for hydroxylation is 2. The van der Waals surface area contributed by atoms with Crippen LogP contribution in [0.25, 0.3) is 31.7 Å². The zero-order chi connectivity index (χ0) is 19.0. The lowest BCUT2D eigenvalue weighted by Crippen LogP contribution is -1.86. The van der Waals surface area contributed by atoms with Gasteiger partial charge in [0.2, 0.25) is 0 Å². The average Bonchev–Trinajstić information content (AvgIpc) is 3.10. The molecule has 0 aliphatic carbocycles. The first-order chi connectivity index (χ1) is 13.1. The van der Waals surface area contributed by atoms with E-state index in [-0.39, 0.29) is 11.6 Å². The number of hydrogen-bond acceptors (Lipinski definition) is 1. The molecule has 0 fully saturated rings. The maximum Gasteiger partial charge on any atom is 0.143 e. The first kappa shape index (κ1) is 17.9. The molecule has 0 unspecified atom stereocenters. The molecule has 27 heavy (non-hydrogen) atoms. The molecule has 0 aliphatic heterocycles. The van der Waals surface area contributed by atoms with Crippen LogP contribution >= 0.6 is 11.3 Å². The largest absolute Gasteiger partial charge is 0.206 e. The molecular weight excluding hydrogens is 358 g/mol. The molecule has 0 amide bonds. The molecule has 4 rings (SSSR count). The van der Waals surface area contributed by atoms with Crippen molar-refractivity contribution in [3.63, 3.8) is 0 Å². The number of benzene rings is 3. The quantitative estimate of drug-likeness (QED) is 0.340. The Labute approximate surface area is 162 Å². The molecule has 3 heteroatoms. The highest BCUT2D eigenvalue weighted by Gasteiger charge is 2.13. The molecular formula is C24H20F2S. The highest BCUT2D eigenvalue weighted by molar-refractivity contribution is 7.22. The Morgan fingerprint density at radius 1 is 0.852 bits per heavy atom. The summed E-state index contributed by atoms with van der Waals surface area (Å²) in [5.74, 6) is -0.498. The second-order valence-electron chi connectivity index (χ2n) is 6.87. The first-order valence-electron chi connectivity index (χ1n) is 9.14. The minimum Gasteiger partial charge on any atom is -0.206 e. The lowest BCUT2D eigenvalue weighted by Gasteiger charge is -2.06. The summed E-state index contributed by atoms with van der Waals surface area (Å²) >= 11 is 1.30. The molecule has 0 N–H and O–H groups in total. The molecule has 0 bridgehead atoms. The van der Waals surface area contributed by atoms with Gasteiger partial charge in [0.05, 0.1) is 4.70 Å². The monoisotopic (exact) mass is 378 g/mol. The zero-order valence-corrected chi connectivity index (χ0v) is 16.2. The zero-order valence-electron chi connectivity index (χ0n) is 15.4. The maximum absolute atomic E-state index is 14.8. The van der Waals surface area contributed by atoms with E-state index in [9.17, 15) is 8.78 Å². The minimum absolute atomic E-state index is 0.215. The number of thiophene rings is 1. The van der Waals surface area contributed by atoms with E-state index in [1.54, 1.807) is 25.1 Å². The van der Waals surface area contributed by atoms with Crippen molar-refractivity contribution in [3.05, 3.63) is 83.4 Å². The Morgan fingerprint density at radius 3 is 2.30 bits per heavy atom. The predicted octanol–water partition coefficient (Wildman–Crippen LogP) is 7.77. The summed E-state index contributed by atoms with van der Waals surface area (Å²) in [6.07, 6.45) is 2.16. The first-order valence-corrected chi connectivity index (χ1v) is 9.96. The molecule has 1 heterocycles. The highest BCUT2D eigenvalue weighted by atomic mass is 32.1. The van der Waals surface area contributed by atoms with Crippen LogP contribution in [0.5, 0.6) is 0 Å². The fourth-order valence-electron chi connectivity index (χ4n) is 3.35. The molecule has 0 saturated carbocycles. The molecule has 4 aromatic rings. The third-order valence-corrected chi connectivity index (χ3v) is 6.06. The Kier molecular flexibility index (Phi) is 4.79. The molecule has 1 aromatic heterocycles. The summed E-state index contributed by atoms with van der Waals surface area (Å²) in [6.45, 7) is 3.90. The Balaban J connectivity index is 1.70. The molecule has 3 aromatic carbocycles. The number of halogens is 2. The molecule has 0 saturated heterocycles. The topological polar surface area (TPSA) is 0 Å². The van der Waals surface area contributed by atoms with Crippen molar-refractivity contribution in [2.45, 2.75) is 26.7 Å². The van der Waals surface area contributed by atoms with Crippen molar-refractivity contribution in [1.82, 2.24) is 0 Å². The van der Waals surface area contributed by atoms with Gasteiger partial charge in [-0.25, -0.2) is 8.78 Å². The van der Waals surface area contributed by atoms with Crippen molar-refractivity contribution in [1.29, 1.82) is 0 Å². The molecule has 0 radical (unpaired) electrons. The Hall–Kier alpha value is -2.52. The molecule has 0 nitrogen and oxygen atoms in total. The van der Waals surface area contributed by atoms with Crippen LogP contribution in [-0.4, -0.2) is 0 Å². The maximum atomic E-state index is 14.8. The SMILES string of the molecule is CCCc1ccc(-c2ccc(-c3cc4ccc(C)c(F)c4s3)c(F)c2)cc1. The van der Waals surface area contributed by atoms with Gasteiger partial charge < -0.3 is 0 Å². The third kappa shape index (κ3) is 3.40. The van der Waals surface area contributed by atoms with Crippen LogP contribution in [0, 0.1) is 18.6 Å². The van der Waals surface area contributed by atoms with E-state index in [1.807, 2.05) is 30.3 Å². The van der Waals surface area contributed by atoms with E-state index in [2.05, 4.69) is 19.1 Å². The Morgan fingerprint density at radius 2 is 1.59 bits per heavy atom. The number of fused-ring (bicyclic) bond motifs is 1. The fourth-order valence-corrected chi connectivity index (χ4v) is 4.52. The van der Waals surface area contributed by atoms with Crippen molar-refractivity contribution in [3.8, 4) is 21.6 Å². The summed E-state index contributed by atoms with van der Waals surface area (Å²) in [4.78, 5) is 0.747. The van der Waals surface area contributed by atoms with Crippen LogP contribution in [-0.2, 0) is 6.42 Å². The average molecular weight is 378 g/mol. The van der Waals surface area contributed by atoms with Crippen molar-refractivity contribution in [2.24, 2.45) is 0 Å². The van der Waals surface area contributed by atoms with Gasteiger partial charge in [-0.15, -0.1) is 11.3 Å². The lowest BCUT2D eigenvalue weighted by atomic mass is 10.0. The van der Waals surface area contributed by atoms with Gasteiger partial charge in [-0.05, 0) is 59.2 Å². The molecule has 0 atom stereocenters. The smallest absolute Gasteiger partial charge is 0.143 e. The highest BCUT2D eigenvalue weighted by Crippen LogP contribution is 2.38. The minimum atomic E-state index is -0.283. The van der Waals surface area contributed by atoms with E-state index >= 15 is 0 Å². The van der Waals surface area contributed by atoms with Crippen LogP contribution in [0.3, 0.4) is 0 Å². The van der Waals surface area contributed by atoms with Gasteiger partial charge in [0.1, 0.15) is 11.6 Å². The molecule has 136 valence electrons. The Bertz CT molecular complexity index is 1110. The summed E-state index contributed by atoms with van der Waals surface area (Å²) in [7, 11) is 0. The summed E-state index contributed by atoms with van der Waals surface area (Å²) in [5, 5.41) is 0.813.